The summed E-state index contributed by atoms with van der Waals surface area (Å²) in [6.45, 7) is 3.19. The van der Waals surface area contributed by atoms with E-state index in [4.69, 9.17) is 11.5 Å². The highest BCUT2D eigenvalue weighted by atomic mass is 32.1. The zero-order valence-electron chi connectivity index (χ0n) is 19.4. The summed E-state index contributed by atoms with van der Waals surface area (Å²) in [7, 11) is 0. The number of nitrogens with zero attached hydrogens (tertiary/aromatic N) is 3. The molecule has 0 saturated carbocycles. The number of carbonyl (C=O) groups excluding carboxylic acids is 1. The van der Waals surface area contributed by atoms with E-state index in [-0.39, 0.29) is 39.5 Å². The number of rotatable bonds is 5. The van der Waals surface area contributed by atoms with Gasteiger partial charge in [-0.3, -0.25) is 9.78 Å². The first-order valence-electron chi connectivity index (χ1n) is 11.6. The van der Waals surface area contributed by atoms with Crippen molar-refractivity contribution in [2.45, 2.75) is 50.7 Å². The molecule has 3 aromatic rings. The quantitative estimate of drug-likeness (QED) is 0.459. The van der Waals surface area contributed by atoms with Gasteiger partial charge in [-0.05, 0) is 44.7 Å². The minimum absolute atomic E-state index is 0.0126. The van der Waals surface area contributed by atoms with Gasteiger partial charge in [-0.1, -0.05) is 17.4 Å². The van der Waals surface area contributed by atoms with E-state index in [1.54, 1.807) is 13.1 Å². The van der Waals surface area contributed by atoms with Gasteiger partial charge in [-0.15, -0.1) is 0 Å². The van der Waals surface area contributed by atoms with Gasteiger partial charge in [0.15, 0.2) is 5.78 Å². The van der Waals surface area contributed by atoms with Gasteiger partial charge in [0, 0.05) is 48.6 Å². The van der Waals surface area contributed by atoms with Crippen molar-refractivity contribution in [3.05, 3.63) is 58.5 Å². The largest absolute Gasteiger partial charge is 0.389 e. The Morgan fingerprint density at radius 3 is 2.80 bits per heavy atom. The molecule has 5 N–H and O–H groups in total. The van der Waals surface area contributed by atoms with Crippen molar-refractivity contribution < 1.29 is 18.7 Å². The van der Waals surface area contributed by atoms with Crippen LogP contribution >= 0.6 is 11.3 Å². The predicted octanol–water partition coefficient (Wildman–Crippen LogP) is 3.57. The van der Waals surface area contributed by atoms with Crippen molar-refractivity contribution in [1.82, 2.24) is 9.97 Å². The third kappa shape index (κ3) is 4.30. The second kappa shape index (κ2) is 8.92. The first-order valence-corrected chi connectivity index (χ1v) is 12.5. The molecule has 1 aliphatic carbocycles. The van der Waals surface area contributed by atoms with Crippen LogP contribution in [-0.4, -0.2) is 40.0 Å². The Hall–Kier alpha value is -2.95. The number of aromatic nitrogens is 2. The van der Waals surface area contributed by atoms with E-state index < -0.39 is 17.2 Å². The summed E-state index contributed by atoms with van der Waals surface area (Å²) in [5.74, 6) is -1.90. The molecule has 2 aliphatic rings. The molecule has 1 unspecified atom stereocenters. The molecule has 7 nitrogen and oxygen atoms in total. The number of Topliss-reactive ketones (excluding diaryl/α,β-unsaturated/α-hetero) is 1. The van der Waals surface area contributed by atoms with Crippen LogP contribution in [0.15, 0.2) is 24.4 Å². The lowest BCUT2D eigenvalue weighted by Gasteiger charge is -2.35. The van der Waals surface area contributed by atoms with Gasteiger partial charge in [-0.25, -0.2) is 13.8 Å². The zero-order chi connectivity index (χ0) is 24.9. The van der Waals surface area contributed by atoms with E-state index >= 15 is 0 Å². The lowest BCUT2D eigenvalue weighted by atomic mass is 9.97. The van der Waals surface area contributed by atoms with Crippen LogP contribution in [0.5, 0.6) is 0 Å². The number of benzene rings is 1. The highest BCUT2D eigenvalue weighted by Gasteiger charge is 2.38. The van der Waals surface area contributed by atoms with Crippen molar-refractivity contribution >= 4 is 27.8 Å². The molecule has 2 aromatic heterocycles. The van der Waals surface area contributed by atoms with E-state index in [0.29, 0.717) is 30.6 Å². The summed E-state index contributed by atoms with van der Waals surface area (Å²) in [5.41, 5.74) is 14.1. The number of carbonyl (C=O) groups is 1. The number of anilines is 2. The standard InChI is InChI=1S/C25H27F2N5O2S/c1-25(34)8-7-15-21(32-9-3-4-14(28)12-32)13(11-30-22(15)25)10-18(33)20-23(29)35-24(31-20)19-16(26)5-2-6-17(19)27/h2,5-6,11,14,34H,3-4,7-10,12,28-29H2,1H3/t14-,25?/m0/s1. The molecule has 0 spiro atoms. The maximum Gasteiger partial charge on any atom is 0.188 e. The highest BCUT2D eigenvalue weighted by molar-refractivity contribution is 7.19. The summed E-state index contributed by atoms with van der Waals surface area (Å²) in [6.07, 6.45) is 4.66. The molecule has 0 amide bonds. The molecule has 2 atom stereocenters. The first-order chi connectivity index (χ1) is 16.7. The summed E-state index contributed by atoms with van der Waals surface area (Å²) in [4.78, 5) is 24.3. The fraction of sp³-hybridized carbons (Fsp3) is 0.400. The molecular weight excluding hydrogens is 472 g/mol. The Kier molecular flexibility index (Phi) is 6.06. The molecule has 1 aliphatic heterocycles. The number of nitrogens with two attached hydrogens (primary N) is 2. The Balaban J connectivity index is 1.51. The summed E-state index contributed by atoms with van der Waals surface area (Å²) in [5, 5.41) is 10.9. The van der Waals surface area contributed by atoms with Gasteiger partial charge in [0.05, 0.1) is 11.3 Å². The number of halogens is 2. The van der Waals surface area contributed by atoms with E-state index in [1.165, 1.54) is 6.07 Å². The van der Waals surface area contributed by atoms with E-state index in [1.807, 2.05) is 0 Å². The molecule has 1 saturated heterocycles. The molecule has 184 valence electrons. The van der Waals surface area contributed by atoms with Crippen LogP contribution in [0.25, 0.3) is 10.6 Å². The molecule has 1 fully saturated rings. The Bertz CT molecular complexity index is 1290. The van der Waals surface area contributed by atoms with Crippen LogP contribution in [0.2, 0.25) is 0 Å². The smallest absolute Gasteiger partial charge is 0.188 e. The first kappa shape index (κ1) is 23.8. The number of hydrogen-bond acceptors (Lipinski definition) is 8. The van der Waals surface area contributed by atoms with Gasteiger partial charge >= 0.3 is 0 Å². The number of thiazole rings is 1. The van der Waals surface area contributed by atoms with Gasteiger partial charge in [-0.2, -0.15) is 0 Å². The van der Waals surface area contributed by atoms with E-state index in [2.05, 4.69) is 14.9 Å². The molecule has 0 radical (unpaired) electrons. The fourth-order valence-electron chi connectivity index (χ4n) is 5.11. The van der Waals surface area contributed by atoms with Crippen LogP contribution in [0.3, 0.4) is 0 Å². The minimum atomic E-state index is -1.03. The Labute approximate surface area is 205 Å². The summed E-state index contributed by atoms with van der Waals surface area (Å²) >= 11 is 0.877. The van der Waals surface area contributed by atoms with Crippen molar-refractivity contribution in [3.8, 4) is 10.6 Å². The molecule has 5 rings (SSSR count). The van der Waals surface area contributed by atoms with Crippen LogP contribution < -0.4 is 16.4 Å². The van der Waals surface area contributed by atoms with Gasteiger partial charge in [0.1, 0.15) is 32.9 Å². The molecule has 3 heterocycles. The van der Waals surface area contributed by atoms with Crippen LogP contribution in [0.1, 0.15) is 53.5 Å². The Morgan fingerprint density at radius 1 is 1.34 bits per heavy atom. The molecule has 10 heteroatoms. The third-order valence-corrected chi connectivity index (χ3v) is 7.72. The topological polar surface area (TPSA) is 118 Å². The van der Waals surface area contributed by atoms with Gasteiger partial charge in [0.2, 0.25) is 0 Å². The third-order valence-electron chi connectivity index (χ3n) is 6.82. The van der Waals surface area contributed by atoms with Crippen molar-refractivity contribution in [1.29, 1.82) is 0 Å². The van der Waals surface area contributed by atoms with Gasteiger partial charge < -0.3 is 21.5 Å². The normalized spacial score (nSPS) is 21.9. The monoisotopic (exact) mass is 499 g/mol. The number of pyridine rings is 1. The van der Waals surface area contributed by atoms with Crippen LogP contribution in [-0.2, 0) is 18.4 Å². The minimum Gasteiger partial charge on any atom is -0.389 e. The zero-order valence-corrected chi connectivity index (χ0v) is 20.2. The van der Waals surface area contributed by atoms with E-state index in [9.17, 15) is 18.7 Å². The molecule has 1 aromatic carbocycles. The number of ketones is 1. The molecule has 35 heavy (non-hydrogen) atoms. The van der Waals surface area contributed by atoms with Crippen LogP contribution in [0.4, 0.5) is 19.5 Å². The Morgan fingerprint density at radius 2 is 2.09 bits per heavy atom. The second-order valence-corrected chi connectivity index (χ2v) is 10.5. The number of aliphatic hydroxyl groups is 1. The lowest BCUT2D eigenvalue weighted by Crippen LogP contribution is -2.43. The fourth-order valence-corrected chi connectivity index (χ4v) is 6.01. The van der Waals surface area contributed by atoms with E-state index in [0.717, 1.165) is 54.1 Å². The average Bonchev–Trinajstić information content (AvgIpc) is 3.32. The molecular formula is C25H27F2N5O2S. The highest BCUT2D eigenvalue weighted by Crippen LogP contribution is 2.42. The summed E-state index contributed by atoms with van der Waals surface area (Å²) < 4.78 is 28.5. The number of nitrogen functional groups attached to an aromatic ring is 1. The average molecular weight is 500 g/mol. The SMILES string of the molecule is CC1(O)CCc2c1ncc(CC(=O)c1nc(-c3c(F)cccc3F)sc1N)c2N1CCC[C@H](N)C1. The number of fused-ring (bicyclic) bond motifs is 1. The predicted molar refractivity (Wildman–Crippen MR) is 131 cm³/mol. The maximum atomic E-state index is 14.3. The van der Waals surface area contributed by atoms with Gasteiger partial charge in [0.25, 0.3) is 0 Å². The van der Waals surface area contributed by atoms with Crippen molar-refractivity contribution in [3.63, 3.8) is 0 Å². The summed E-state index contributed by atoms with van der Waals surface area (Å²) in [6, 6.07) is 3.56. The van der Waals surface area contributed by atoms with Crippen molar-refractivity contribution in [2.75, 3.05) is 23.7 Å². The number of piperidine rings is 1. The second-order valence-electron chi connectivity index (χ2n) is 9.51. The molecule has 0 bridgehead atoms. The van der Waals surface area contributed by atoms with Crippen LogP contribution in [0, 0.1) is 11.6 Å². The lowest BCUT2D eigenvalue weighted by molar-refractivity contribution is 0.0553. The maximum absolute atomic E-state index is 14.3. The van der Waals surface area contributed by atoms with Crippen molar-refractivity contribution in [2.24, 2.45) is 5.73 Å². The number of hydrogen-bond donors (Lipinski definition) is 3.